The number of aromatic hydroxyl groups is 1. The van der Waals surface area contributed by atoms with E-state index in [0.717, 1.165) is 0 Å². The topological polar surface area (TPSA) is 58.6 Å². The molecule has 0 aliphatic heterocycles. The summed E-state index contributed by atoms with van der Waals surface area (Å²) in [5, 5.41) is 12.6. The maximum atomic E-state index is 12.0. The number of hydrogen-bond donors (Lipinski definition) is 2. The molecule has 0 radical (unpaired) electrons. The van der Waals surface area contributed by atoms with E-state index in [-0.39, 0.29) is 21.7 Å². The number of phenols is 1. The van der Waals surface area contributed by atoms with Gasteiger partial charge in [0.1, 0.15) is 5.75 Å². The van der Waals surface area contributed by atoms with E-state index in [9.17, 15) is 9.90 Å². The third-order valence-corrected chi connectivity index (χ3v) is 4.03. The first kappa shape index (κ1) is 17.8. The molecule has 1 aromatic carbocycles. The number of thiocarbonyl (C=S) groups is 1. The molecule has 0 heterocycles. The van der Waals surface area contributed by atoms with Gasteiger partial charge in [0, 0.05) is 30.0 Å². The van der Waals surface area contributed by atoms with Crippen molar-refractivity contribution in [3.63, 3.8) is 0 Å². The Morgan fingerprint density at radius 2 is 2.04 bits per heavy atom. The van der Waals surface area contributed by atoms with Gasteiger partial charge in [-0.15, -0.1) is 0 Å². The summed E-state index contributed by atoms with van der Waals surface area (Å²) in [5.41, 5.74) is 0.535. The highest BCUT2D eigenvalue weighted by Gasteiger charge is 2.14. The summed E-state index contributed by atoms with van der Waals surface area (Å²) < 4.78 is 5.49. The highest BCUT2D eigenvalue weighted by atomic mass is 35.5. The van der Waals surface area contributed by atoms with Crippen LogP contribution in [0.2, 0.25) is 10.0 Å². The number of rotatable bonds is 6. The van der Waals surface area contributed by atoms with Crippen LogP contribution in [0.15, 0.2) is 35.9 Å². The van der Waals surface area contributed by atoms with Crippen molar-refractivity contribution in [1.82, 2.24) is 5.32 Å². The Kier molecular flexibility index (Phi) is 6.45. The van der Waals surface area contributed by atoms with Crippen molar-refractivity contribution in [2.45, 2.75) is 12.8 Å². The van der Waals surface area contributed by atoms with E-state index in [4.69, 9.17) is 40.2 Å². The molecular formula is C16H15Cl2NO3S. The number of ether oxygens (including phenoxy) is 1. The summed E-state index contributed by atoms with van der Waals surface area (Å²) in [5.74, 6) is 0.115. The molecule has 1 aliphatic rings. The van der Waals surface area contributed by atoms with E-state index in [0.29, 0.717) is 42.2 Å². The first-order valence-electron chi connectivity index (χ1n) is 6.98. The molecule has 1 aliphatic carbocycles. The van der Waals surface area contributed by atoms with Crippen LogP contribution in [0.3, 0.4) is 0 Å². The second-order valence-corrected chi connectivity index (χ2v) is 6.14. The molecule has 7 heteroatoms. The Labute approximate surface area is 149 Å². The maximum Gasteiger partial charge on any atom is 0.252 e. The molecule has 0 fully saturated rings. The van der Waals surface area contributed by atoms with E-state index in [1.165, 1.54) is 12.1 Å². The summed E-state index contributed by atoms with van der Waals surface area (Å²) in [7, 11) is 0. The van der Waals surface area contributed by atoms with Crippen LogP contribution in [-0.2, 0) is 4.79 Å². The number of phenolic OH excluding ortho intramolecular Hbond substituents is 1. The lowest BCUT2D eigenvalue weighted by atomic mass is 10.0. The van der Waals surface area contributed by atoms with Crippen LogP contribution >= 0.6 is 35.4 Å². The van der Waals surface area contributed by atoms with Crippen molar-refractivity contribution in [2.75, 3.05) is 13.2 Å². The molecule has 2 rings (SSSR count). The van der Waals surface area contributed by atoms with Gasteiger partial charge in [0.15, 0.2) is 5.75 Å². The van der Waals surface area contributed by atoms with Crippen molar-refractivity contribution in [3.05, 3.63) is 46.0 Å². The Morgan fingerprint density at radius 3 is 2.70 bits per heavy atom. The van der Waals surface area contributed by atoms with Crippen LogP contribution in [0.4, 0.5) is 0 Å². The summed E-state index contributed by atoms with van der Waals surface area (Å²) in [4.78, 5) is 12.6. The molecule has 1 aromatic rings. The molecule has 23 heavy (non-hydrogen) atoms. The molecule has 1 amide bonds. The second kappa shape index (κ2) is 8.34. The van der Waals surface area contributed by atoms with Gasteiger partial charge in [-0.3, -0.25) is 4.79 Å². The Bertz CT molecular complexity index is 663. The third kappa shape index (κ3) is 4.96. The zero-order chi connectivity index (χ0) is 16.8. The largest absolute Gasteiger partial charge is 0.508 e. The average Bonchev–Trinajstić information content (AvgIpc) is 2.49. The lowest BCUT2D eigenvalue weighted by Crippen LogP contribution is -2.30. The Morgan fingerprint density at radius 1 is 1.35 bits per heavy atom. The first-order chi connectivity index (χ1) is 11.0. The second-order valence-electron chi connectivity index (χ2n) is 4.83. The third-order valence-electron chi connectivity index (χ3n) is 3.08. The highest BCUT2D eigenvalue weighted by molar-refractivity contribution is 7.81. The molecule has 0 bridgehead atoms. The minimum absolute atomic E-state index is 0.0228. The van der Waals surface area contributed by atoms with E-state index in [2.05, 4.69) is 5.32 Å². The van der Waals surface area contributed by atoms with E-state index < -0.39 is 0 Å². The van der Waals surface area contributed by atoms with Crippen LogP contribution in [0, 0.1) is 0 Å². The van der Waals surface area contributed by atoms with Crippen LogP contribution in [0.5, 0.6) is 11.5 Å². The van der Waals surface area contributed by atoms with Crippen molar-refractivity contribution in [1.29, 1.82) is 0 Å². The normalized spacial score (nSPS) is 13.7. The number of amides is 1. The van der Waals surface area contributed by atoms with Crippen molar-refractivity contribution >= 4 is 46.2 Å². The van der Waals surface area contributed by atoms with Crippen molar-refractivity contribution < 1.29 is 14.6 Å². The monoisotopic (exact) mass is 371 g/mol. The number of allylic oxidation sites excluding steroid dienone is 3. The molecule has 4 nitrogen and oxygen atoms in total. The smallest absolute Gasteiger partial charge is 0.252 e. The minimum Gasteiger partial charge on any atom is -0.508 e. The molecule has 0 saturated heterocycles. The summed E-state index contributed by atoms with van der Waals surface area (Å²) in [6, 6.07) is 2.71. The summed E-state index contributed by atoms with van der Waals surface area (Å²) >= 11 is 17.0. The fourth-order valence-electron chi connectivity index (χ4n) is 1.97. The number of halogens is 2. The maximum absolute atomic E-state index is 12.0. The lowest BCUT2D eigenvalue weighted by molar-refractivity contribution is -0.117. The quantitative estimate of drug-likeness (QED) is 0.589. The Balaban J connectivity index is 1.76. The summed E-state index contributed by atoms with van der Waals surface area (Å²) in [6.07, 6.45) is 6.65. The molecule has 0 spiro atoms. The molecule has 0 aromatic heterocycles. The van der Waals surface area contributed by atoms with Gasteiger partial charge in [0.2, 0.25) is 0 Å². The molecule has 0 unspecified atom stereocenters. The van der Waals surface area contributed by atoms with Gasteiger partial charge in [0.25, 0.3) is 5.91 Å². The predicted molar refractivity (Wildman–Crippen MR) is 95.7 cm³/mol. The predicted octanol–water partition coefficient (Wildman–Crippen LogP) is 3.84. The van der Waals surface area contributed by atoms with E-state index >= 15 is 0 Å². The average molecular weight is 372 g/mol. The van der Waals surface area contributed by atoms with Gasteiger partial charge in [0.05, 0.1) is 22.2 Å². The number of benzene rings is 1. The molecule has 0 saturated carbocycles. The number of carbonyl (C=O) groups excluding carboxylic acids is 1. The number of hydrogen-bond acceptors (Lipinski definition) is 4. The van der Waals surface area contributed by atoms with E-state index in [1.54, 1.807) is 6.08 Å². The number of carbonyl (C=O) groups is 1. The van der Waals surface area contributed by atoms with E-state index in [1.807, 2.05) is 12.2 Å². The minimum atomic E-state index is -0.181. The molecule has 2 N–H and O–H groups in total. The first-order valence-corrected chi connectivity index (χ1v) is 8.14. The fourth-order valence-corrected chi connectivity index (χ4v) is 2.81. The Hall–Kier alpha value is -1.56. The van der Waals surface area contributed by atoms with Crippen LogP contribution in [-0.4, -0.2) is 29.0 Å². The van der Waals surface area contributed by atoms with Crippen LogP contribution in [0.1, 0.15) is 12.8 Å². The van der Waals surface area contributed by atoms with Gasteiger partial charge in [-0.05, 0) is 12.5 Å². The molecule has 0 atom stereocenters. The van der Waals surface area contributed by atoms with Crippen molar-refractivity contribution in [2.24, 2.45) is 0 Å². The standard InChI is InChI=1S/C16H15Cl2NO3S/c17-12-8-10(20)9-13(18)15(12)22-7-3-6-19-16(21)11-4-1-2-5-14(11)23/h1-2,4,8-9,20H,3,5-7H2,(H,19,21). The summed E-state index contributed by atoms with van der Waals surface area (Å²) in [6.45, 7) is 0.768. The van der Waals surface area contributed by atoms with Gasteiger partial charge in [-0.25, -0.2) is 0 Å². The molecular weight excluding hydrogens is 357 g/mol. The highest BCUT2D eigenvalue weighted by Crippen LogP contribution is 2.36. The lowest BCUT2D eigenvalue weighted by Gasteiger charge is -2.12. The molecule has 122 valence electrons. The van der Waals surface area contributed by atoms with Gasteiger partial charge in [-0.2, -0.15) is 0 Å². The SMILES string of the molecule is O=C(NCCCOc1c(Cl)cc(O)cc1Cl)C1=CC=CCC1=S. The van der Waals surface area contributed by atoms with Gasteiger partial charge in [-0.1, -0.05) is 47.6 Å². The van der Waals surface area contributed by atoms with Crippen molar-refractivity contribution in [3.8, 4) is 11.5 Å². The number of nitrogens with one attached hydrogen (secondary N) is 1. The van der Waals surface area contributed by atoms with Crippen LogP contribution < -0.4 is 10.1 Å². The van der Waals surface area contributed by atoms with Gasteiger partial charge >= 0.3 is 0 Å². The van der Waals surface area contributed by atoms with Crippen LogP contribution in [0.25, 0.3) is 0 Å². The zero-order valence-corrected chi connectivity index (χ0v) is 14.5. The van der Waals surface area contributed by atoms with Gasteiger partial charge < -0.3 is 15.2 Å². The zero-order valence-electron chi connectivity index (χ0n) is 12.1. The fraction of sp³-hybridized carbons (Fsp3) is 0.250.